The Morgan fingerprint density at radius 1 is 0.794 bits per heavy atom. The zero-order chi connectivity index (χ0) is 25.1. The van der Waals surface area contributed by atoms with Crippen molar-refractivity contribution in [1.82, 2.24) is 0 Å². The third-order valence-corrected chi connectivity index (χ3v) is 7.07. The summed E-state index contributed by atoms with van der Waals surface area (Å²) in [6.45, 7) is 9.38. The summed E-state index contributed by atoms with van der Waals surface area (Å²) < 4.78 is 5.45. The fraction of sp³-hybridized carbons (Fsp3) is 0.774. The summed E-state index contributed by atoms with van der Waals surface area (Å²) >= 11 is 0. The molecule has 0 fully saturated rings. The van der Waals surface area contributed by atoms with Gasteiger partial charge in [-0.15, -0.1) is 0 Å². The van der Waals surface area contributed by atoms with E-state index < -0.39 is 0 Å². The molecule has 3 nitrogen and oxygen atoms in total. The van der Waals surface area contributed by atoms with Gasteiger partial charge in [-0.1, -0.05) is 130 Å². The van der Waals surface area contributed by atoms with E-state index in [1.54, 1.807) is 6.07 Å². The summed E-state index contributed by atoms with van der Waals surface area (Å²) in [4.78, 5) is 12.2. The number of unbranched alkanes of at least 4 members (excludes halogenated alkanes) is 13. The van der Waals surface area contributed by atoms with Gasteiger partial charge in [-0.25, -0.2) is 0 Å². The predicted molar refractivity (Wildman–Crippen MR) is 146 cm³/mol. The van der Waals surface area contributed by atoms with E-state index in [0.29, 0.717) is 25.2 Å². The van der Waals surface area contributed by atoms with Gasteiger partial charge in [0, 0.05) is 6.42 Å². The molecule has 0 aromatic heterocycles. The van der Waals surface area contributed by atoms with Gasteiger partial charge in [0.05, 0.1) is 6.61 Å². The number of rotatable bonds is 21. The maximum atomic E-state index is 12.2. The molecule has 0 atom stereocenters. The average Bonchev–Trinajstić information content (AvgIpc) is 2.82. The van der Waals surface area contributed by atoms with Crippen molar-refractivity contribution in [3.8, 4) is 5.75 Å². The Kier molecular flexibility index (Phi) is 16.9. The molecule has 0 aliphatic carbocycles. The zero-order valence-corrected chi connectivity index (χ0v) is 22.9. The number of ether oxygens (including phenoxy) is 1. The Morgan fingerprint density at radius 3 is 1.88 bits per heavy atom. The molecule has 0 saturated heterocycles. The SMILES string of the molecule is CCCCCCCCCCCCCCCOC(=O)CCc1ccc(O)c(C(C)(C)CCCC)c1. The Balaban J connectivity index is 2.10. The maximum absolute atomic E-state index is 12.2. The third-order valence-electron chi connectivity index (χ3n) is 7.07. The highest BCUT2D eigenvalue weighted by Gasteiger charge is 2.23. The van der Waals surface area contributed by atoms with Gasteiger partial charge in [-0.05, 0) is 41.9 Å². The summed E-state index contributed by atoms with van der Waals surface area (Å²) in [6, 6.07) is 5.77. The van der Waals surface area contributed by atoms with E-state index in [-0.39, 0.29) is 11.4 Å². The number of phenolic OH excluding ortho intramolecular Hbond substituents is 1. The molecule has 1 N–H and O–H groups in total. The van der Waals surface area contributed by atoms with E-state index in [2.05, 4.69) is 33.8 Å². The molecular weight excluding hydrogens is 420 g/mol. The van der Waals surface area contributed by atoms with Crippen LogP contribution in [-0.2, 0) is 21.4 Å². The number of hydrogen-bond donors (Lipinski definition) is 1. The lowest BCUT2D eigenvalue weighted by molar-refractivity contribution is -0.143. The lowest BCUT2D eigenvalue weighted by Crippen LogP contribution is -2.17. The molecule has 196 valence electrons. The Hall–Kier alpha value is -1.51. The van der Waals surface area contributed by atoms with Crippen molar-refractivity contribution >= 4 is 5.97 Å². The van der Waals surface area contributed by atoms with Crippen molar-refractivity contribution in [3.63, 3.8) is 0 Å². The molecule has 0 heterocycles. The van der Waals surface area contributed by atoms with Crippen molar-refractivity contribution in [1.29, 1.82) is 0 Å². The Bertz CT molecular complexity index is 650. The lowest BCUT2D eigenvalue weighted by atomic mass is 9.79. The molecule has 0 bridgehead atoms. The second-order valence-electron chi connectivity index (χ2n) is 10.8. The first kappa shape index (κ1) is 30.5. The second-order valence-corrected chi connectivity index (χ2v) is 10.8. The maximum Gasteiger partial charge on any atom is 0.306 e. The van der Waals surface area contributed by atoms with Gasteiger partial charge in [0.1, 0.15) is 5.75 Å². The quantitative estimate of drug-likeness (QED) is 0.142. The van der Waals surface area contributed by atoms with Gasteiger partial charge in [0.2, 0.25) is 0 Å². The predicted octanol–water partition coefficient (Wildman–Crippen LogP) is 9.43. The molecule has 1 aromatic rings. The number of esters is 1. The minimum absolute atomic E-state index is 0.0646. The number of benzene rings is 1. The standard InChI is InChI=1S/C31H54O3/c1-5-7-9-10-11-12-13-14-15-16-17-18-19-25-34-30(33)23-21-27-20-22-29(32)28(26-27)31(3,4)24-8-6-2/h20,22,26,32H,5-19,21,23-25H2,1-4H3. The molecule has 0 spiro atoms. The van der Waals surface area contributed by atoms with Crippen LogP contribution >= 0.6 is 0 Å². The van der Waals surface area contributed by atoms with Crippen LogP contribution in [0, 0.1) is 0 Å². The summed E-state index contributed by atoms with van der Waals surface area (Å²) in [7, 11) is 0. The summed E-state index contributed by atoms with van der Waals surface area (Å²) in [5, 5.41) is 10.4. The smallest absolute Gasteiger partial charge is 0.306 e. The normalized spacial score (nSPS) is 11.6. The number of carbonyl (C=O) groups excluding carboxylic acids is 1. The minimum atomic E-state index is -0.112. The highest BCUT2D eigenvalue weighted by atomic mass is 16.5. The summed E-state index contributed by atoms with van der Waals surface area (Å²) in [5.74, 6) is 0.244. The minimum Gasteiger partial charge on any atom is -0.508 e. The molecule has 1 rings (SSSR count). The molecule has 34 heavy (non-hydrogen) atoms. The molecule has 0 aliphatic rings. The van der Waals surface area contributed by atoms with Crippen LogP contribution in [0.15, 0.2) is 18.2 Å². The van der Waals surface area contributed by atoms with Gasteiger partial charge in [-0.3, -0.25) is 4.79 Å². The third kappa shape index (κ3) is 14.0. The van der Waals surface area contributed by atoms with Crippen molar-refractivity contribution in [2.24, 2.45) is 0 Å². The molecule has 1 aromatic carbocycles. The molecule has 0 unspecified atom stereocenters. The van der Waals surface area contributed by atoms with Gasteiger partial charge in [0.15, 0.2) is 0 Å². The number of aryl methyl sites for hydroxylation is 1. The largest absolute Gasteiger partial charge is 0.508 e. The topological polar surface area (TPSA) is 46.5 Å². The summed E-state index contributed by atoms with van der Waals surface area (Å²) in [5.41, 5.74) is 2.01. The number of phenols is 1. The first-order valence-corrected chi connectivity index (χ1v) is 14.4. The first-order chi connectivity index (χ1) is 16.4. The van der Waals surface area contributed by atoms with Gasteiger partial charge >= 0.3 is 5.97 Å². The van der Waals surface area contributed by atoms with E-state index in [9.17, 15) is 9.90 Å². The van der Waals surface area contributed by atoms with Crippen molar-refractivity contribution in [2.75, 3.05) is 6.61 Å². The van der Waals surface area contributed by atoms with E-state index in [1.165, 1.54) is 70.6 Å². The first-order valence-electron chi connectivity index (χ1n) is 14.4. The highest BCUT2D eigenvalue weighted by Crippen LogP contribution is 2.35. The second kappa shape index (κ2) is 18.8. The molecule has 3 heteroatoms. The van der Waals surface area contributed by atoms with E-state index in [4.69, 9.17) is 4.74 Å². The number of hydrogen-bond acceptors (Lipinski definition) is 3. The van der Waals surface area contributed by atoms with Crippen molar-refractivity contribution in [2.45, 2.75) is 149 Å². The fourth-order valence-electron chi connectivity index (χ4n) is 4.66. The fourth-order valence-corrected chi connectivity index (χ4v) is 4.66. The Morgan fingerprint density at radius 2 is 1.32 bits per heavy atom. The van der Waals surface area contributed by atoms with Crippen LogP contribution in [0.2, 0.25) is 0 Å². The number of aromatic hydroxyl groups is 1. The average molecular weight is 475 g/mol. The monoisotopic (exact) mass is 474 g/mol. The highest BCUT2D eigenvalue weighted by molar-refractivity contribution is 5.69. The van der Waals surface area contributed by atoms with Crippen molar-refractivity contribution < 1.29 is 14.6 Å². The van der Waals surface area contributed by atoms with E-state index in [0.717, 1.165) is 43.2 Å². The Labute approximate surface area is 211 Å². The van der Waals surface area contributed by atoms with Crippen LogP contribution in [0.1, 0.15) is 148 Å². The van der Waals surface area contributed by atoms with Gasteiger partial charge < -0.3 is 9.84 Å². The molecular formula is C31H54O3. The number of carbonyl (C=O) groups is 1. The van der Waals surface area contributed by atoms with Crippen LogP contribution in [0.3, 0.4) is 0 Å². The molecule has 0 radical (unpaired) electrons. The van der Waals surface area contributed by atoms with Crippen LogP contribution in [0.25, 0.3) is 0 Å². The zero-order valence-electron chi connectivity index (χ0n) is 22.9. The van der Waals surface area contributed by atoms with Gasteiger partial charge in [-0.2, -0.15) is 0 Å². The van der Waals surface area contributed by atoms with E-state index in [1.807, 2.05) is 6.07 Å². The summed E-state index contributed by atoms with van der Waals surface area (Å²) in [6.07, 6.45) is 21.6. The van der Waals surface area contributed by atoms with Crippen LogP contribution in [0.4, 0.5) is 0 Å². The lowest BCUT2D eigenvalue weighted by Gasteiger charge is -2.26. The van der Waals surface area contributed by atoms with E-state index >= 15 is 0 Å². The van der Waals surface area contributed by atoms with Crippen molar-refractivity contribution in [3.05, 3.63) is 29.3 Å². The molecule has 0 saturated carbocycles. The van der Waals surface area contributed by atoms with Crippen LogP contribution in [0.5, 0.6) is 5.75 Å². The van der Waals surface area contributed by atoms with Gasteiger partial charge in [0.25, 0.3) is 0 Å². The van der Waals surface area contributed by atoms with Crippen LogP contribution in [-0.4, -0.2) is 17.7 Å². The molecule has 0 aliphatic heterocycles. The van der Waals surface area contributed by atoms with Crippen LogP contribution < -0.4 is 0 Å². The molecule has 0 amide bonds.